The van der Waals surface area contributed by atoms with Crippen LogP contribution in [0.2, 0.25) is 0 Å². The molecule has 2 rings (SSSR count). The summed E-state index contributed by atoms with van der Waals surface area (Å²) in [5, 5.41) is 2.86. The second-order valence-electron chi connectivity index (χ2n) is 5.50. The molecule has 2 atom stereocenters. The van der Waals surface area contributed by atoms with Crippen molar-refractivity contribution < 1.29 is 9.59 Å². The Morgan fingerprint density at radius 3 is 2.29 bits per heavy atom. The van der Waals surface area contributed by atoms with Gasteiger partial charge >= 0.3 is 0 Å². The lowest BCUT2D eigenvalue weighted by Gasteiger charge is -2.38. The van der Waals surface area contributed by atoms with E-state index < -0.39 is 12.1 Å². The molecule has 1 heterocycles. The smallest absolute Gasteiger partial charge is 0.250 e. The van der Waals surface area contributed by atoms with Crippen molar-refractivity contribution in [3.05, 3.63) is 29.8 Å². The molecule has 1 aromatic carbocycles. The zero-order chi connectivity index (χ0) is 15.4. The van der Waals surface area contributed by atoms with Crippen LogP contribution < -0.4 is 10.2 Å². The van der Waals surface area contributed by atoms with Gasteiger partial charge in [0.05, 0.1) is 0 Å². The molecule has 114 valence electrons. The van der Waals surface area contributed by atoms with Gasteiger partial charge in [0.1, 0.15) is 12.1 Å². The monoisotopic (exact) mass is 288 g/mol. The van der Waals surface area contributed by atoms with Crippen LogP contribution >= 0.6 is 0 Å². The molecule has 0 radical (unpaired) electrons. The molecule has 0 saturated carbocycles. The fraction of sp³-hybridized carbons (Fsp3) is 0.529. The third-order valence-corrected chi connectivity index (χ3v) is 4.05. The quantitative estimate of drug-likeness (QED) is 0.905. The van der Waals surface area contributed by atoms with Crippen LogP contribution in [0.1, 0.15) is 45.6 Å². The number of benzene rings is 1. The van der Waals surface area contributed by atoms with Crippen LogP contribution in [0.5, 0.6) is 0 Å². The topological polar surface area (TPSA) is 49.4 Å². The summed E-state index contributed by atoms with van der Waals surface area (Å²) >= 11 is 0. The van der Waals surface area contributed by atoms with E-state index in [1.165, 1.54) is 5.56 Å². The van der Waals surface area contributed by atoms with Crippen molar-refractivity contribution in [2.45, 2.75) is 58.5 Å². The highest BCUT2D eigenvalue weighted by Crippen LogP contribution is 2.24. The number of carbonyl (C=O) groups is 2. The zero-order valence-corrected chi connectivity index (χ0v) is 13.1. The van der Waals surface area contributed by atoms with Crippen LogP contribution in [0, 0.1) is 0 Å². The van der Waals surface area contributed by atoms with Crippen molar-refractivity contribution in [3.63, 3.8) is 0 Å². The van der Waals surface area contributed by atoms with Crippen LogP contribution in [0.15, 0.2) is 24.3 Å². The van der Waals surface area contributed by atoms with Gasteiger partial charge in [-0.3, -0.25) is 14.5 Å². The minimum Gasteiger partial charge on any atom is -0.342 e. The Labute approximate surface area is 126 Å². The first-order valence-electron chi connectivity index (χ1n) is 7.84. The third kappa shape index (κ3) is 3.09. The summed E-state index contributed by atoms with van der Waals surface area (Å²) in [7, 11) is 0. The average molecular weight is 288 g/mol. The van der Waals surface area contributed by atoms with Gasteiger partial charge in [-0.25, -0.2) is 0 Å². The van der Waals surface area contributed by atoms with Crippen molar-refractivity contribution in [3.8, 4) is 0 Å². The summed E-state index contributed by atoms with van der Waals surface area (Å²) in [5.74, 6) is -0.0392. The van der Waals surface area contributed by atoms with E-state index in [-0.39, 0.29) is 11.8 Å². The Kier molecular flexibility index (Phi) is 4.99. The number of rotatable bonds is 5. The molecule has 0 spiro atoms. The van der Waals surface area contributed by atoms with E-state index in [2.05, 4.69) is 12.2 Å². The van der Waals surface area contributed by atoms with E-state index in [0.717, 1.165) is 18.5 Å². The molecule has 2 unspecified atom stereocenters. The fourth-order valence-corrected chi connectivity index (χ4v) is 2.82. The predicted octanol–water partition coefficient (Wildman–Crippen LogP) is 2.66. The number of hydrogen-bond acceptors (Lipinski definition) is 2. The number of nitrogens with zero attached hydrogens (tertiary/aromatic N) is 1. The molecule has 1 fully saturated rings. The molecule has 1 aliphatic rings. The number of hydrogen-bond donors (Lipinski definition) is 1. The van der Waals surface area contributed by atoms with Crippen LogP contribution in [0.4, 0.5) is 5.69 Å². The van der Waals surface area contributed by atoms with E-state index in [0.29, 0.717) is 12.8 Å². The molecular formula is C17H24N2O2. The molecule has 0 aliphatic carbocycles. The maximum Gasteiger partial charge on any atom is 0.250 e. The van der Waals surface area contributed by atoms with Gasteiger partial charge in [-0.1, -0.05) is 39.3 Å². The standard InChI is InChI=1S/C17H24N2O2/c1-4-7-14-17(21)19(15(6-3)16(20)18-14)13-10-8-12(5-2)9-11-13/h8-11,14-15H,4-7H2,1-3H3,(H,18,20). The molecule has 21 heavy (non-hydrogen) atoms. The second kappa shape index (κ2) is 6.74. The molecular weight excluding hydrogens is 264 g/mol. The van der Waals surface area contributed by atoms with Gasteiger partial charge in [-0.2, -0.15) is 0 Å². The van der Waals surface area contributed by atoms with Gasteiger partial charge in [0.15, 0.2) is 0 Å². The average Bonchev–Trinajstić information content (AvgIpc) is 2.50. The zero-order valence-electron chi connectivity index (χ0n) is 13.1. The Hall–Kier alpha value is -1.84. The summed E-state index contributed by atoms with van der Waals surface area (Å²) < 4.78 is 0. The number of nitrogens with one attached hydrogen (secondary N) is 1. The molecule has 1 N–H and O–H groups in total. The molecule has 1 aliphatic heterocycles. The lowest BCUT2D eigenvalue weighted by molar-refractivity contribution is -0.134. The summed E-state index contributed by atoms with van der Waals surface area (Å²) in [6.45, 7) is 6.05. The SMILES string of the molecule is CCCC1NC(=O)C(CC)N(c2ccc(CC)cc2)C1=O. The Morgan fingerprint density at radius 2 is 1.76 bits per heavy atom. The van der Waals surface area contributed by atoms with E-state index in [1.54, 1.807) is 4.90 Å². The van der Waals surface area contributed by atoms with Gasteiger partial charge in [-0.05, 0) is 37.0 Å². The lowest BCUT2D eigenvalue weighted by Crippen LogP contribution is -2.63. The Balaban J connectivity index is 2.34. The maximum absolute atomic E-state index is 12.7. The van der Waals surface area contributed by atoms with Crippen molar-refractivity contribution in [2.75, 3.05) is 4.90 Å². The van der Waals surface area contributed by atoms with Crippen LogP contribution in [-0.4, -0.2) is 23.9 Å². The van der Waals surface area contributed by atoms with Gasteiger partial charge in [-0.15, -0.1) is 0 Å². The van der Waals surface area contributed by atoms with Crippen molar-refractivity contribution in [2.24, 2.45) is 0 Å². The largest absolute Gasteiger partial charge is 0.342 e. The van der Waals surface area contributed by atoms with E-state index >= 15 is 0 Å². The first-order valence-corrected chi connectivity index (χ1v) is 7.84. The van der Waals surface area contributed by atoms with Crippen molar-refractivity contribution in [1.82, 2.24) is 5.32 Å². The highest BCUT2D eigenvalue weighted by Gasteiger charge is 2.39. The van der Waals surface area contributed by atoms with Crippen molar-refractivity contribution in [1.29, 1.82) is 0 Å². The number of amides is 2. The number of piperazine rings is 1. The molecule has 4 heteroatoms. The van der Waals surface area contributed by atoms with Crippen molar-refractivity contribution >= 4 is 17.5 Å². The van der Waals surface area contributed by atoms with E-state index in [4.69, 9.17) is 0 Å². The van der Waals surface area contributed by atoms with Gasteiger partial charge < -0.3 is 5.32 Å². The van der Waals surface area contributed by atoms with E-state index in [1.807, 2.05) is 38.1 Å². The fourth-order valence-electron chi connectivity index (χ4n) is 2.82. The van der Waals surface area contributed by atoms with Crippen LogP contribution in [0.3, 0.4) is 0 Å². The molecule has 0 bridgehead atoms. The molecule has 0 aromatic heterocycles. The maximum atomic E-state index is 12.7. The second-order valence-corrected chi connectivity index (χ2v) is 5.50. The predicted molar refractivity (Wildman–Crippen MR) is 84.2 cm³/mol. The number of anilines is 1. The van der Waals surface area contributed by atoms with Gasteiger partial charge in [0.25, 0.3) is 0 Å². The molecule has 4 nitrogen and oxygen atoms in total. The lowest BCUT2D eigenvalue weighted by atomic mass is 10.0. The molecule has 1 saturated heterocycles. The first-order chi connectivity index (χ1) is 10.1. The highest BCUT2D eigenvalue weighted by atomic mass is 16.2. The minimum atomic E-state index is -0.405. The normalized spacial score (nSPS) is 22.3. The van der Waals surface area contributed by atoms with Crippen LogP contribution in [-0.2, 0) is 16.0 Å². The first kappa shape index (κ1) is 15.5. The Bertz CT molecular complexity index is 510. The summed E-state index contributed by atoms with van der Waals surface area (Å²) in [6, 6.07) is 7.14. The Morgan fingerprint density at radius 1 is 1.10 bits per heavy atom. The minimum absolute atomic E-state index is 0.00699. The van der Waals surface area contributed by atoms with Crippen LogP contribution in [0.25, 0.3) is 0 Å². The summed E-state index contributed by atoms with van der Waals surface area (Å²) in [4.78, 5) is 26.6. The summed E-state index contributed by atoms with van der Waals surface area (Å²) in [6.07, 6.45) is 3.14. The van der Waals surface area contributed by atoms with E-state index in [9.17, 15) is 9.59 Å². The highest BCUT2D eigenvalue weighted by molar-refractivity contribution is 6.08. The number of carbonyl (C=O) groups excluding carboxylic acids is 2. The van der Waals surface area contributed by atoms with Gasteiger partial charge in [0, 0.05) is 5.69 Å². The molecule has 1 aromatic rings. The number of aryl methyl sites for hydroxylation is 1. The third-order valence-electron chi connectivity index (χ3n) is 4.05. The molecule has 2 amide bonds. The van der Waals surface area contributed by atoms with Gasteiger partial charge in [0.2, 0.25) is 11.8 Å². The summed E-state index contributed by atoms with van der Waals surface area (Å²) in [5.41, 5.74) is 2.05.